The quantitative estimate of drug-likeness (QED) is 0.155. The predicted molar refractivity (Wildman–Crippen MR) is 143 cm³/mol. The zero-order valence-electron chi connectivity index (χ0n) is 22.0. The Hall–Kier alpha value is -3.87. The molecule has 0 spiro atoms. The molecule has 0 unspecified atom stereocenters. The van der Waals surface area contributed by atoms with Gasteiger partial charge in [0.05, 0.1) is 25.9 Å². The highest BCUT2D eigenvalue weighted by atomic mass is 16.5. The van der Waals surface area contributed by atoms with Gasteiger partial charge < -0.3 is 18.9 Å². The number of benzene rings is 1. The highest BCUT2D eigenvalue weighted by Crippen LogP contribution is 2.24. The lowest BCUT2D eigenvalue weighted by Crippen LogP contribution is -2.12. The SMILES string of the molecule is C=C(C)C(=O)OCCCC1=CC/C=C(/c2ccc(OC)cc2)C(=O)OCC(CCCOC(=O)C(=C)C)=C1. The molecule has 1 heterocycles. The Morgan fingerprint density at radius 2 is 1.51 bits per heavy atom. The van der Waals surface area contributed by atoms with Crippen molar-refractivity contribution < 1.29 is 33.3 Å². The second-order valence-corrected chi connectivity index (χ2v) is 8.78. The topological polar surface area (TPSA) is 88.1 Å². The van der Waals surface area contributed by atoms with Gasteiger partial charge in [0.15, 0.2) is 0 Å². The van der Waals surface area contributed by atoms with E-state index in [1.54, 1.807) is 33.1 Å². The Morgan fingerprint density at radius 3 is 2.08 bits per heavy atom. The molecule has 1 aromatic rings. The summed E-state index contributed by atoms with van der Waals surface area (Å²) >= 11 is 0. The van der Waals surface area contributed by atoms with Crippen LogP contribution in [0.25, 0.3) is 5.57 Å². The van der Waals surface area contributed by atoms with Gasteiger partial charge in [-0.1, -0.05) is 49.1 Å². The maximum absolute atomic E-state index is 12.9. The fourth-order valence-corrected chi connectivity index (χ4v) is 3.49. The molecule has 1 aromatic carbocycles. The van der Waals surface area contributed by atoms with Crippen LogP contribution in [0.15, 0.2) is 77.9 Å². The van der Waals surface area contributed by atoms with E-state index in [0.717, 1.165) is 16.7 Å². The molecule has 0 amide bonds. The smallest absolute Gasteiger partial charge is 0.338 e. The number of carbonyl (C=O) groups excluding carboxylic acids is 3. The van der Waals surface area contributed by atoms with Gasteiger partial charge in [-0.25, -0.2) is 14.4 Å². The first kappa shape index (κ1) is 29.4. The van der Waals surface area contributed by atoms with Crippen molar-refractivity contribution in [2.24, 2.45) is 0 Å². The van der Waals surface area contributed by atoms with Crippen LogP contribution in [0.1, 0.15) is 51.5 Å². The van der Waals surface area contributed by atoms with E-state index in [-0.39, 0.29) is 19.8 Å². The van der Waals surface area contributed by atoms with Gasteiger partial charge in [0, 0.05) is 11.1 Å². The van der Waals surface area contributed by atoms with Crippen LogP contribution in [0.2, 0.25) is 0 Å². The Bertz CT molecular complexity index is 1090. The van der Waals surface area contributed by atoms with Gasteiger partial charge in [-0.2, -0.15) is 0 Å². The van der Waals surface area contributed by atoms with Crippen molar-refractivity contribution in [2.45, 2.75) is 46.0 Å². The van der Waals surface area contributed by atoms with E-state index >= 15 is 0 Å². The first-order valence-electron chi connectivity index (χ1n) is 12.3. The molecule has 198 valence electrons. The molecule has 0 aliphatic carbocycles. The monoisotopic (exact) mass is 508 g/mol. The molecule has 2 rings (SSSR count). The van der Waals surface area contributed by atoms with Gasteiger partial charge in [-0.05, 0) is 69.2 Å². The molecule has 7 heteroatoms. The third-order valence-corrected chi connectivity index (χ3v) is 5.52. The van der Waals surface area contributed by atoms with Crippen LogP contribution in [0.4, 0.5) is 0 Å². The molecule has 1 aliphatic heterocycles. The predicted octanol–water partition coefficient (Wildman–Crippen LogP) is 5.68. The average Bonchev–Trinajstić information content (AvgIpc) is 2.88. The van der Waals surface area contributed by atoms with Crippen LogP contribution in [-0.2, 0) is 28.6 Å². The Kier molecular flexibility index (Phi) is 12.1. The van der Waals surface area contributed by atoms with Gasteiger partial charge in [-0.3, -0.25) is 0 Å². The largest absolute Gasteiger partial charge is 0.497 e. The summed E-state index contributed by atoms with van der Waals surface area (Å²) in [6, 6.07) is 7.25. The maximum Gasteiger partial charge on any atom is 0.338 e. The number of ether oxygens (including phenoxy) is 4. The summed E-state index contributed by atoms with van der Waals surface area (Å²) in [7, 11) is 1.59. The summed E-state index contributed by atoms with van der Waals surface area (Å²) in [5.74, 6) is -0.539. The molecule has 0 saturated heterocycles. The van der Waals surface area contributed by atoms with Crippen LogP contribution in [0.3, 0.4) is 0 Å². The minimum absolute atomic E-state index is 0.114. The molecular weight excluding hydrogens is 472 g/mol. The number of hydrogen-bond donors (Lipinski definition) is 0. The van der Waals surface area contributed by atoms with Gasteiger partial charge in [0.2, 0.25) is 0 Å². The zero-order valence-corrected chi connectivity index (χ0v) is 22.0. The van der Waals surface area contributed by atoms with Crippen LogP contribution < -0.4 is 4.74 Å². The highest BCUT2D eigenvalue weighted by molar-refractivity contribution is 6.16. The minimum Gasteiger partial charge on any atom is -0.497 e. The Balaban J connectivity index is 2.16. The van der Waals surface area contributed by atoms with E-state index in [0.29, 0.717) is 54.6 Å². The summed E-state index contributed by atoms with van der Waals surface area (Å²) in [5, 5.41) is 0. The third-order valence-electron chi connectivity index (χ3n) is 5.52. The van der Waals surface area contributed by atoms with Crippen molar-refractivity contribution in [3.05, 3.63) is 83.5 Å². The fourth-order valence-electron chi connectivity index (χ4n) is 3.49. The molecule has 0 atom stereocenters. The van der Waals surface area contributed by atoms with E-state index in [2.05, 4.69) is 19.2 Å². The summed E-state index contributed by atoms with van der Waals surface area (Å²) in [4.78, 5) is 36.2. The molecule has 0 N–H and O–H groups in total. The summed E-state index contributed by atoms with van der Waals surface area (Å²) in [6.07, 6.45) is 8.92. The number of carbonyl (C=O) groups is 3. The third kappa shape index (κ3) is 10.3. The minimum atomic E-state index is -0.425. The van der Waals surface area contributed by atoms with E-state index in [1.807, 2.05) is 24.3 Å². The van der Waals surface area contributed by atoms with Crippen molar-refractivity contribution in [1.29, 1.82) is 0 Å². The van der Waals surface area contributed by atoms with E-state index in [4.69, 9.17) is 18.9 Å². The highest BCUT2D eigenvalue weighted by Gasteiger charge is 2.16. The number of hydrogen-bond acceptors (Lipinski definition) is 7. The molecule has 1 aliphatic rings. The van der Waals surface area contributed by atoms with Crippen LogP contribution in [-0.4, -0.2) is 44.8 Å². The molecule has 37 heavy (non-hydrogen) atoms. The van der Waals surface area contributed by atoms with E-state index < -0.39 is 17.9 Å². The van der Waals surface area contributed by atoms with Crippen molar-refractivity contribution >= 4 is 23.5 Å². The fraction of sp³-hybridized carbons (Fsp3) is 0.367. The lowest BCUT2D eigenvalue weighted by molar-refractivity contribution is -0.139. The second kappa shape index (κ2) is 15.3. The van der Waals surface area contributed by atoms with Crippen LogP contribution >= 0.6 is 0 Å². The number of cyclic esters (lactones) is 1. The summed E-state index contributed by atoms with van der Waals surface area (Å²) < 4.78 is 21.3. The molecule has 0 aromatic heterocycles. The lowest BCUT2D eigenvalue weighted by Gasteiger charge is -2.15. The average molecular weight is 509 g/mol. The Labute approximate surface area is 219 Å². The number of allylic oxidation sites excluding steroid dienone is 4. The zero-order chi connectivity index (χ0) is 27.2. The second-order valence-electron chi connectivity index (χ2n) is 8.78. The van der Waals surface area contributed by atoms with Gasteiger partial charge in [-0.15, -0.1) is 0 Å². The van der Waals surface area contributed by atoms with Gasteiger partial charge in [0.25, 0.3) is 0 Å². The van der Waals surface area contributed by atoms with E-state index in [9.17, 15) is 14.4 Å². The van der Waals surface area contributed by atoms with Crippen molar-refractivity contribution in [1.82, 2.24) is 0 Å². The van der Waals surface area contributed by atoms with Crippen LogP contribution in [0.5, 0.6) is 5.75 Å². The first-order valence-corrected chi connectivity index (χ1v) is 12.3. The normalized spacial score (nSPS) is 15.2. The molecule has 0 saturated carbocycles. The summed E-state index contributed by atoms with van der Waals surface area (Å²) in [5.41, 5.74) is 3.88. The molecule has 0 bridgehead atoms. The molecule has 7 nitrogen and oxygen atoms in total. The van der Waals surface area contributed by atoms with Crippen molar-refractivity contribution in [2.75, 3.05) is 26.9 Å². The standard InChI is InChI=1S/C30H36O7/c1-21(2)28(31)35-17-7-10-23-9-6-12-27(25-13-15-26(34-5)16-14-25)30(33)37-20-24(19-23)11-8-18-36-29(32)22(3)4/h9,12-16,19H,1,3,6-8,10-11,17-18,20H2,2,4-5H3/b23-9?,24-19?,27-12-. The van der Waals surface area contributed by atoms with Crippen molar-refractivity contribution in [3.8, 4) is 5.75 Å². The maximum atomic E-state index is 12.9. The number of rotatable bonds is 12. The molecule has 0 fully saturated rings. The molecular formula is C30H36O7. The van der Waals surface area contributed by atoms with Gasteiger partial charge >= 0.3 is 17.9 Å². The lowest BCUT2D eigenvalue weighted by atomic mass is 10.00. The van der Waals surface area contributed by atoms with Crippen molar-refractivity contribution in [3.63, 3.8) is 0 Å². The van der Waals surface area contributed by atoms with E-state index in [1.165, 1.54) is 0 Å². The summed E-state index contributed by atoms with van der Waals surface area (Å²) in [6.45, 7) is 11.0. The molecule has 0 radical (unpaired) electrons. The van der Waals surface area contributed by atoms with Gasteiger partial charge in [0.1, 0.15) is 12.4 Å². The number of esters is 3. The van der Waals surface area contributed by atoms with Crippen LogP contribution in [0, 0.1) is 0 Å². The first-order chi connectivity index (χ1) is 17.7. The number of methoxy groups -OCH3 is 1. The Morgan fingerprint density at radius 1 is 0.919 bits per heavy atom.